The molecule has 3 heterocycles. The smallest absolute Gasteiger partial charge is 0.333 e. The van der Waals surface area contributed by atoms with E-state index >= 15 is 0 Å². The van der Waals surface area contributed by atoms with Crippen LogP contribution in [0.15, 0.2) is 131 Å². The lowest BCUT2D eigenvalue weighted by Crippen LogP contribution is -2.56. The van der Waals surface area contributed by atoms with Gasteiger partial charge in [0.05, 0.1) is 0 Å². The summed E-state index contributed by atoms with van der Waals surface area (Å²) >= 11 is 0. The number of allylic oxidation sites excluding steroid dienone is 9. The van der Waals surface area contributed by atoms with Crippen LogP contribution < -0.4 is 9.80 Å². The van der Waals surface area contributed by atoms with Gasteiger partial charge in [0.1, 0.15) is 5.57 Å². The summed E-state index contributed by atoms with van der Waals surface area (Å²) in [5, 5.41) is 4.90. The Balaban J connectivity index is 1.28. The summed E-state index contributed by atoms with van der Waals surface area (Å²) in [7, 11) is 4.22. The molecule has 1 saturated carbocycles. The van der Waals surface area contributed by atoms with E-state index in [2.05, 4.69) is 149 Å². The summed E-state index contributed by atoms with van der Waals surface area (Å²) in [5.74, 6) is -1.05. The number of carbonyl (C=O) groups is 3. The van der Waals surface area contributed by atoms with Crippen LogP contribution >= 0.6 is 0 Å². The Hall–Kier alpha value is -5.69. The summed E-state index contributed by atoms with van der Waals surface area (Å²) in [6.45, 7) is 13.0. The molecule has 54 heavy (non-hydrogen) atoms. The summed E-state index contributed by atoms with van der Waals surface area (Å²) in [4.78, 5) is 48.6. The molecule has 0 atom stereocenters. The number of likely N-dealkylation sites (N-methyl/N-ethyl adjacent to an activating group) is 4. The van der Waals surface area contributed by atoms with Crippen LogP contribution in [0.1, 0.15) is 65.5 Å². The first kappa shape index (κ1) is 35.3. The largest absolute Gasteiger partial charge is 0.347 e. The van der Waals surface area contributed by atoms with Crippen LogP contribution in [0.3, 0.4) is 0 Å². The Labute approximate surface area is 318 Å². The fraction of sp³-hybridized carbons (Fsp3) is 0.298. The Kier molecular flexibility index (Phi) is 8.33. The maximum absolute atomic E-state index is 14.2. The Bertz CT molecular complexity index is 2310. The second kappa shape index (κ2) is 12.7. The van der Waals surface area contributed by atoms with Crippen LogP contribution in [0.2, 0.25) is 0 Å². The molecule has 0 unspecified atom stereocenters. The second-order valence-electron chi connectivity index (χ2n) is 15.8. The molecule has 274 valence electrons. The zero-order valence-corrected chi connectivity index (χ0v) is 32.6. The van der Waals surface area contributed by atoms with Crippen molar-refractivity contribution in [1.29, 1.82) is 0 Å². The van der Waals surface area contributed by atoms with Crippen molar-refractivity contribution in [3.05, 3.63) is 142 Å². The summed E-state index contributed by atoms with van der Waals surface area (Å²) < 4.78 is 0. The predicted octanol–water partition coefficient (Wildman–Crippen LogP) is 9.69. The van der Waals surface area contributed by atoms with Crippen LogP contribution in [-0.2, 0) is 20.4 Å². The van der Waals surface area contributed by atoms with Crippen molar-refractivity contribution in [3.8, 4) is 0 Å². The topological polar surface area (TPSA) is 64.2 Å². The normalized spacial score (nSPS) is 22.4. The monoisotopic (exact) mass is 716 g/mol. The summed E-state index contributed by atoms with van der Waals surface area (Å²) in [6.07, 6.45) is 9.87. The molecule has 4 aromatic rings. The number of rotatable bonds is 4. The molecule has 1 aliphatic carbocycles. The van der Waals surface area contributed by atoms with Gasteiger partial charge in [0.25, 0.3) is 11.8 Å². The molecule has 2 fully saturated rings. The third kappa shape index (κ3) is 5.04. The van der Waals surface area contributed by atoms with Crippen LogP contribution in [0.25, 0.3) is 21.5 Å². The number of carbonyl (C=O) groups excluding carboxylic acids is 3. The number of hydrogen-bond acceptors (Lipinski definition) is 5. The first-order chi connectivity index (χ1) is 25.8. The van der Waals surface area contributed by atoms with Gasteiger partial charge in [-0.2, -0.15) is 0 Å². The molecule has 8 rings (SSSR count). The predicted molar refractivity (Wildman–Crippen MR) is 220 cm³/mol. The minimum absolute atomic E-state index is 0.0757. The zero-order chi connectivity index (χ0) is 38.3. The molecule has 4 aliphatic rings. The highest BCUT2D eigenvalue weighted by Crippen LogP contribution is 2.52. The third-order valence-electron chi connectivity index (χ3n) is 12.2. The van der Waals surface area contributed by atoms with Crippen LogP contribution in [0, 0.1) is 0 Å². The van der Waals surface area contributed by atoms with E-state index in [-0.39, 0.29) is 29.5 Å². The minimum Gasteiger partial charge on any atom is -0.347 e. The van der Waals surface area contributed by atoms with Gasteiger partial charge in [0.2, 0.25) is 0 Å². The van der Waals surface area contributed by atoms with Crippen molar-refractivity contribution in [2.75, 3.05) is 37.0 Å². The van der Waals surface area contributed by atoms with E-state index < -0.39 is 17.8 Å². The molecule has 0 spiro atoms. The molecule has 4 amide bonds. The SMILES string of the molecule is CCN1C(=O)C(=C2C(=CC=C3N(C)c4ccc5ccccc5c4C3(C)C)CCC2=CC=C2N(C)c3ccc4ccccc4c3C2(C)C)C(=O)N(CC)C1=O. The number of benzene rings is 4. The van der Waals surface area contributed by atoms with Crippen molar-refractivity contribution >= 4 is 50.8 Å². The van der Waals surface area contributed by atoms with E-state index in [4.69, 9.17) is 0 Å². The van der Waals surface area contributed by atoms with Gasteiger partial charge in [-0.25, -0.2) is 4.79 Å². The van der Waals surface area contributed by atoms with Crippen LogP contribution in [0.4, 0.5) is 16.2 Å². The van der Waals surface area contributed by atoms with E-state index in [0.717, 1.165) is 22.5 Å². The number of urea groups is 1. The Morgan fingerprint density at radius 3 is 1.37 bits per heavy atom. The quantitative estimate of drug-likeness (QED) is 0.156. The molecular formula is C47H48N4O3. The Morgan fingerprint density at radius 2 is 0.963 bits per heavy atom. The number of fused-ring (bicyclic) bond motifs is 6. The highest BCUT2D eigenvalue weighted by molar-refractivity contribution is 6.30. The third-order valence-corrected chi connectivity index (χ3v) is 12.2. The van der Waals surface area contributed by atoms with Crippen molar-refractivity contribution in [1.82, 2.24) is 9.80 Å². The van der Waals surface area contributed by atoms with Gasteiger partial charge in [0, 0.05) is 60.8 Å². The van der Waals surface area contributed by atoms with E-state index in [1.54, 1.807) is 13.8 Å². The maximum Gasteiger partial charge on any atom is 0.333 e. The highest BCUT2D eigenvalue weighted by Gasteiger charge is 2.45. The van der Waals surface area contributed by atoms with Gasteiger partial charge in [0.15, 0.2) is 0 Å². The lowest BCUT2D eigenvalue weighted by atomic mass is 9.81. The second-order valence-corrected chi connectivity index (χ2v) is 15.8. The molecule has 0 radical (unpaired) electrons. The number of hydrogen-bond donors (Lipinski definition) is 0. The molecule has 0 aromatic heterocycles. The number of barbiturate groups is 1. The molecule has 4 aromatic carbocycles. The van der Waals surface area contributed by atoms with E-state index in [9.17, 15) is 14.4 Å². The zero-order valence-electron chi connectivity index (χ0n) is 32.6. The van der Waals surface area contributed by atoms with Gasteiger partial charge >= 0.3 is 6.03 Å². The number of anilines is 2. The van der Waals surface area contributed by atoms with Gasteiger partial charge in [-0.05, 0) is 100 Å². The van der Waals surface area contributed by atoms with Crippen molar-refractivity contribution in [2.45, 2.75) is 65.2 Å². The molecule has 3 aliphatic heterocycles. The van der Waals surface area contributed by atoms with E-state index in [1.807, 2.05) is 0 Å². The van der Waals surface area contributed by atoms with Crippen LogP contribution in [-0.4, -0.2) is 54.8 Å². The van der Waals surface area contributed by atoms with Crippen molar-refractivity contribution in [3.63, 3.8) is 0 Å². The molecule has 7 heteroatoms. The van der Waals surface area contributed by atoms with Crippen molar-refractivity contribution < 1.29 is 14.4 Å². The maximum atomic E-state index is 14.2. The first-order valence-electron chi connectivity index (χ1n) is 19.1. The molecule has 7 nitrogen and oxygen atoms in total. The average Bonchev–Trinajstić information content (AvgIpc) is 3.70. The molecule has 1 saturated heterocycles. The average molecular weight is 717 g/mol. The van der Waals surface area contributed by atoms with E-state index in [0.29, 0.717) is 18.4 Å². The lowest BCUT2D eigenvalue weighted by Gasteiger charge is -2.33. The standard InChI is InChI=1S/C47H48N4O3/c1-9-50-43(52)40(44(53)51(10-2)45(50)54)39-31(23-27-37-46(3,4)41-33-17-13-11-15-29(33)21-25-35(41)48(37)7)19-20-32(39)24-28-38-47(5,6)42-34-18-14-12-16-30(34)22-26-36(42)49(38)8/h11-18,21-28H,9-10,19-20H2,1-8H3. The van der Waals surface area contributed by atoms with Gasteiger partial charge < -0.3 is 9.80 Å². The first-order valence-corrected chi connectivity index (χ1v) is 19.1. The number of nitrogens with zero attached hydrogens (tertiary/aromatic N) is 4. The number of imide groups is 2. The fourth-order valence-corrected chi connectivity index (χ4v) is 9.58. The summed E-state index contributed by atoms with van der Waals surface area (Å²) in [5.41, 5.74) is 9.15. The van der Waals surface area contributed by atoms with Crippen LogP contribution in [0.5, 0.6) is 0 Å². The molecule has 0 bridgehead atoms. The van der Waals surface area contributed by atoms with E-state index in [1.165, 1.54) is 53.8 Å². The highest BCUT2D eigenvalue weighted by atomic mass is 16.2. The van der Waals surface area contributed by atoms with Crippen molar-refractivity contribution in [2.24, 2.45) is 0 Å². The minimum atomic E-state index is -0.559. The van der Waals surface area contributed by atoms with Gasteiger partial charge in [-0.3, -0.25) is 19.4 Å². The van der Waals surface area contributed by atoms with Gasteiger partial charge in [-0.1, -0.05) is 101 Å². The number of amides is 4. The van der Waals surface area contributed by atoms with Gasteiger partial charge in [-0.15, -0.1) is 0 Å². The molecular weight excluding hydrogens is 669 g/mol. The lowest BCUT2D eigenvalue weighted by molar-refractivity contribution is -0.135. The Morgan fingerprint density at radius 1 is 0.556 bits per heavy atom. The fourth-order valence-electron chi connectivity index (χ4n) is 9.58. The molecule has 0 N–H and O–H groups in total. The summed E-state index contributed by atoms with van der Waals surface area (Å²) in [6, 6.07) is 25.2.